The summed E-state index contributed by atoms with van der Waals surface area (Å²) in [5.41, 5.74) is 1.86. The number of hydrogen-bond acceptors (Lipinski definition) is 5. The molecule has 2 heterocycles. The van der Waals surface area contributed by atoms with Gasteiger partial charge in [0.25, 0.3) is 0 Å². The van der Waals surface area contributed by atoms with Gasteiger partial charge < -0.3 is 5.32 Å². The van der Waals surface area contributed by atoms with Crippen molar-refractivity contribution in [1.29, 1.82) is 0 Å². The molecule has 0 aromatic carbocycles. The molecule has 0 radical (unpaired) electrons. The van der Waals surface area contributed by atoms with Crippen molar-refractivity contribution in [3.63, 3.8) is 0 Å². The lowest BCUT2D eigenvalue weighted by Crippen LogP contribution is -2.27. The Balaban J connectivity index is 1.72. The molecule has 0 saturated carbocycles. The van der Waals surface area contributed by atoms with Gasteiger partial charge in [0, 0.05) is 29.4 Å². The second kappa shape index (κ2) is 6.98. The van der Waals surface area contributed by atoms with Crippen LogP contribution in [0.15, 0.2) is 10.8 Å². The minimum Gasteiger partial charge on any atom is -0.355 e. The Bertz CT molecular complexity index is 553. The lowest BCUT2D eigenvalue weighted by molar-refractivity contribution is -0.120. The topological polar surface area (TPSA) is 54.9 Å². The van der Waals surface area contributed by atoms with E-state index in [-0.39, 0.29) is 5.91 Å². The molecule has 1 N–H and O–H groups in total. The van der Waals surface area contributed by atoms with Gasteiger partial charge in [-0.25, -0.2) is 9.97 Å². The van der Waals surface area contributed by atoms with Gasteiger partial charge in [-0.15, -0.1) is 34.3 Å². The maximum Gasteiger partial charge on any atom is 0.226 e. The number of carbonyl (C=O) groups is 1. The number of nitrogens with one attached hydrogen (secondary N) is 1. The number of rotatable bonds is 6. The lowest BCUT2D eigenvalue weighted by atomic mass is 10.4. The van der Waals surface area contributed by atoms with Crippen LogP contribution in [0.25, 0.3) is 0 Å². The van der Waals surface area contributed by atoms with Crippen LogP contribution in [0.5, 0.6) is 0 Å². The fourth-order valence-electron chi connectivity index (χ4n) is 1.52. The van der Waals surface area contributed by atoms with Crippen molar-refractivity contribution >= 4 is 40.2 Å². The smallest absolute Gasteiger partial charge is 0.226 e. The predicted molar refractivity (Wildman–Crippen MR) is 78.9 cm³/mol. The highest BCUT2D eigenvalue weighted by Crippen LogP contribution is 2.12. The molecule has 2 aromatic heterocycles. The Morgan fingerprint density at radius 2 is 2.11 bits per heavy atom. The summed E-state index contributed by atoms with van der Waals surface area (Å²) in [6.45, 7) is 2.58. The van der Waals surface area contributed by atoms with Crippen molar-refractivity contribution in [2.45, 2.75) is 25.6 Å². The van der Waals surface area contributed by atoms with Crippen LogP contribution in [0, 0.1) is 6.92 Å². The standard InChI is InChI=1S/C12H14ClN3OS2/c1-8-6-18-11(15-8)2-3-14-10(17)4-12-16-9(5-13)7-19-12/h6-7H,2-5H2,1H3,(H,14,17). The molecule has 0 unspecified atom stereocenters. The minimum atomic E-state index is -0.0104. The molecule has 0 atom stereocenters. The van der Waals surface area contributed by atoms with Gasteiger partial charge >= 0.3 is 0 Å². The highest BCUT2D eigenvalue weighted by atomic mass is 35.5. The van der Waals surface area contributed by atoms with Crippen LogP contribution in [0.1, 0.15) is 21.4 Å². The fourth-order valence-corrected chi connectivity index (χ4v) is 3.31. The molecule has 0 bridgehead atoms. The Kier molecular flexibility index (Phi) is 5.30. The number of hydrogen-bond donors (Lipinski definition) is 1. The Hall–Kier alpha value is -0.980. The van der Waals surface area contributed by atoms with E-state index in [2.05, 4.69) is 15.3 Å². The SMILES string of the molecule is Cc1csc(CCNC(=O)Cc2nc(CCl)cs2)n1. The highest BCUT2D eigenvalue weighted by Gasteiger charge is 2.07. The Labute approximate surface area is 124 Å². The van der Waals surface area contributed by atoms with E-state index in [0.717, 1.165) is 27.8 Å². The first-order chi connectivity index (χ1) is 9.17. The number of amides is 1. The first kappa shape index (κ1) is 14.4. The zero-order valence-corrected chi connectivity index (χ0v) is 12.9. The number of nitrogens with zero attached hydrogens (tertiary/aromatic N) is 2. The molecule has 2 aromatic rings. The van der Waals surface area contributed by atoms with Gasteiger partial charge in [0.15, 0.2) is 0 Å². The van der Waals surface area contributed by atoms with Crippen molar-refractivity contribution in [2.75, 3.05) is 6.54 Å². The second-order valence-corrected chi connectivity index (χ2v) is 6.18. The van der Waals surface area contributed by atoms with E-state index < -0.39 is 0 Å². The first-order valence-electron chi connectivity index (χ1n) is 5.84. The Morgan fingerprint density at radius 1 is 1.32 bits per heavy atom. The number of alkyl halides is 1. The summed E-state index contributed by atoms with van der Waals surface area (Å²) < 4.78 is 0. The number of carbonyl (C=O) groups excluding carboxylic acids is 1. The molecular formula is C12H14ClN3OS2. The Morgan fingerprint density at radius 3 is 2.74 bits per heavy atom. The van der Waals surface area contributed by atoms with Crippen LogP contribution in [-0.4, -0.2) is 22.4 Å². The lowest BCUT2D eigenvalue weighted by Gasteiger charge is -2.01. The number of aromatic nitrogens is 2. The summed E-state index contributed by atoms with van der Waals surface area (Å²) >= 11 is 8.76. The third-order valence-corrected chi connectivity index (χ3v) is 4.57. The van der Waals surface area contributed by atoms with Gasteiger partial charge in [-0.3, -0.25) is 4.79 Å². The van der Waals surface area contributed by atoms with Gasteiger partial charge in [-0.05, 0) is 6.92 Å². The van der Waals surface area contributed by atoms with Crippen LogP contribution in [0.3, 0.4) is 0 Å². The zero-order chi connectivity index (χ0) is 13.7. The van der Waals surface area contributed by atoms with Crippen LogP contribution in [0.4, 0.5) is 0 Å². The average Bonchev–Trinajstić information content (AvgIpc) is 2.98. The van der Waals surface area contributed by atoms with Crippen LogP contribution >= 0.6 is 34.3 Å². The minimum absolute atomic E-state index is 0.0104. The van der Waals surface area contributed by atoms with E-state index in [1.54, 1.807) is 11.3 Å². The second-order valence-electron chi connectivity index (χ2n) is 4.03. The predicted octanol–water partition coefficient (Wildman–Crippen LogP) is 2.55. The van der Waals surface area contributed by atoms with Crippen molar-refractivity contribution in [3.8, 4) is 0 Å². The molecule has 0 fully saturated rings. The summed E-state index contributed by atoms with van der Waals surface area (Å²) in [5, 5.41) is 8.63. The number of aryl methyl sites for hydroxylation is 1. The molecule has 4 nitrogen and oxygen atoms in total. The van der Waals surface area contributed by atoms with Gasteiger partial charge in [-0.2, -0.15) is 0 Å². The van der Waals surface area contributed by atoms with E-state index in [1.165, 1.54) is 11.3 Å². The van der Waals surface area contributed by atoms with Crippen LogP contribution in [0.2, 0.25) is 0 Å². The average molecular weight is 316 g/mol. The zero-order valence-electron chi connectivity index (χ0n) is 10.5. The monoisotopic (exact) mass is 315 g/mol. The summed E-state index contributed by atoms with van der Waals surface area (Å²) in [7, 11) is 0. The molecule has 7 heteroatoms. The maximum absolute atomic E-state index is 11.7. The molecule has 0 spiro atoms. The molecule has 0 saturated heterocycles. The molecule has 0 aliphatic carbocycles. The van der Waals surface area contributed by atoms with Crippen molar-refractivity contribution < 1.29 is 4.79 Å². The largest absolute Gasteiger partial charge is 0.355 e. The molecule has 0 aliphatic heterocycles. The molecule has 19 heavy (non-hydrogen) atoms. The summed E-state index contributed by atoms with van der Waals surface area (Å²) in [5.74, 6) is 0.380. The fraction of sp³-hybridized carbons (Fsp3) is 0.417. The van der Waals surface area contributed by atoms with Crippen molar-refractivity contribution in [3.05, 3.63) is 32.2 Å². The summed E-state index contributed by atoms with van der Waals surface area (Å²) in [6, 6.07) is 0. The number of thiazole rings is 2. The van der Waals surface area contributed by atoms with Gasteiger partial charge in [0.05, 0.1) is 23.0 Å². The van der Waals surface area contributed by atoms with Gasteiger partial charge in [0.1, 0.15) is 5.01 Å². The van der Waals surface area contributed by atoms with E-state index in [4.69, 9.17) is 11.6 Å². The third-order valence-electron chi connectivity index (χ3n) is 2.38. The van der Waals surface area contributed by atoms with E-state index in [9.17, 15) is 4.79 Å². The highest BCUT2D eigenvalue weighted by molar-refractivity contribution is 7.10. The first-order valence-corrected chi connectivity index (χ1v) is 8.13. The summed E-state index contributed by atoms with van der Waals surface area (Å²) in [4.78, 5) is 20.3. The van der Waals surface area contributed by atoms with Crippen LogP contribution < -0.4 is 5.32 Å². The molecule has 0 aliphatic rings. The van der Waals surface area contributed by atoms with Gasteiger partial charge in [-0.1, -0.05) is 0 Å². The van der Waals surface area contributed by atoms with E-state index in [1.807, 2.05) is 17.7 Å². The molecule has 102 valence electrons. The maximum atomic E-state index is 11.7. The molecule has 2 rings (SSSR count). The number of halogens is 1. The van der Waals surface area contributed by atoms with Crippen LogP contribution in [-0.2, 0) is 23.5 Å². The third kappa shape index (κ3) is 4.56. The van der Waals surface area contributed by atoms with E-state index >= 15 is 0 Å². The summed E-state index contributed by atoms with van der Waals surface area (Å²) in [6.07, 6.45) is 1.09. The molecule has 1 amide bonds. The normalized spacial score (nSPS) is 10.6. The van der Waals surface area contributed by atoms with Crippen molar-refractivity contribution in [1.82, 2.24) is 15.3 Å². The van der Waals surface area contributed by atoms with Crippen molar-refractivity contribution in [2.24, 2.45) is 0 Å². The molecular weight excluding hydrogens is 302 g/mol. The quantitative estimate of drug-likeness (QED) is 0.833. The van der Waals surface area contributed by atoms with Gasteiger partial charge in [0.2, 0.25) is 5.91 Å². The van der Waals surface area contributed by atoms with E-state index in [0.29, 0.717) is 18.8 Å².